The van der Waals surface area contributed by atoms with E-state index in [0.29, 0.717) is 12.6 Å². The molecule has 1 rings (SSSR count). The molecule has 1 aliphatic rings. The normalized spacial score (nSPS) is 24.2. The summed E-state index contributed by atoms with van der Waals surface area (Å²) in [5, 5.41) is 5.97. The Hall–Kier alpha value is -1.10. The van der Waals surface area contributed by atoms with Crippen molar-refractivity contribution in [3.8, 4) is 0 Å². The molecule has 0 aliphatic carbocycles. The van der Waals surface area contributed by atoms with Crippen molar-refractivity contribution in [2.45, 2.75) is 45.2 Å². The topological polar surface area (TPSA) is 61.4 Å². The summed E-state index contributed by atoms with van der Waals surface area (Å²) in [5.74, 6) is -0.0880. The molecule has 2 atom stereocenters. The molecule has 98 valence electrons. The molecule has 0 bridgehead atoms. The van der Waals surface area contributed by atoms with Gasteiger partial charge in [0, 0.05) is 19.6 Å². The fourth-order valence-electron chi connectivity index (χ4n) is 2.15. The van der Waals surface area contributed by atoms with Crippen LogP contribution in [0.3, 0.4) is 0 Å². The van der Waals surface area contributed by atoms with Gasteiger partial charge >= 0.3 is 0 Å². The molecule has 2 N–H and O–H groups in total. The number of nitrogens with zero attached hydrogens (tertiary/aromatic N) is 1. The number of hydrogen-bond donors (Lipinski definition) is 2. The molecule has 2 amide bonds. The van der Waals surface area contributed by atoms with Crippen LogP contribution in [0.15, 0.2) is 0 Å². The quantitative estimate of drug-likeness (QED) is 0.734. The predicted molar refractivity (Wildman–Crippen MR) is 66.6 cm³/mol. The van der Waals surface area contributed by atoms with Gasteiger partial charge in [0.1, 0.15) is 0 Å². The Morgan fingerprint density at radius 2 is 2.12 bits per heavy atom. The van der Waals surface area contributed by atoms with Gasteiger partial charge < -0.3 is 15.5 Å². The first kappa shape index (κ1) is 14.0. The Morgan fingerprint density at radius 3 is 2.71 bits per heavy atom. The zero-order valence-corrected chi connectivity index (χ0v) is 11.0. The summed E-state index contributed by atoms with van der Waals surface area (Å²) in [6, 6.07) is 0.258. The van der Waals surface area contributed by atoms with Crippen molar-refractivity contribution in [2.24, 2.45) is 0 Å². The van der Waals surface area contributed by atoms with Crippen LogP contribution >= 0.6 is 0 Å². The maximum atomic E-state index is 12.1. The molecule has 0 spiro atoms. The van der Waals surface area contributed by atoms with Crippen molar-refractivity contribution < 1.29 is 9.59 Å². The van der Waals surface area contributed by atoms with Gasteiger partial charge in [0.05, 0.1) is 12.6 Å². The second-order valence-electron chi connectivity index (χ2n) is 4.70. The third-order valence-corrected chi connectivity index (χ3v) is 3.04. The van der Waals surface area contributed by atoms with E-state index in [2.05, 4.69) is 17.6 Å². The van der Waals surface area contributed by atoms with Crippen LogP contribution in [0.2, 0.25) is 0 Å². The van der Waals surface area contributed by atoms with Gasteiger partial charge in [-0.15, -0.1) is 0 Å². The molecular formula is C12H23N3O2. The zero-order valence-electron chi connectivity index (χ0n) is 11.0. The molecule has 0 radical (unpaired) electrons. The molecular weight excluding hydrogens is 218 g/mol. The Kier molecular flexibility index (Phi) is 5.41. The number of hydrogen-bond acceptors (Lipinski definition) is 3. The summed E-state index contributed by atoms with van der Waals surface area (Å²) < 4.78 is 0. The van der Waals surface area contributed by atoms with Crippen molar-refractivity contribution in [2.75, 3.05) is 20.1 Å². The highest BCUT2D eigenvalue weighted by molar-refractivity contribution is 5.87. The Bertz CT molecular complexity index is 281. The highest BCUT2D eigenvalue weighted by Crippen LogP contribution is 2.13. The largest absolute Gasteiger partial charge is 0.355 e. The van der Waals surface area contributed by atoms with Crippen molar-refractivity contribution in [1.82, 2.24) is 15.5 Å². The van der Waals surface area contributed by atoms with E-state index in [1.807, 2.05) is 6.92 Å². The van der Waals surface area contributed by atoms with Crippen LogP contribution in [0.4, 0.5) is 0 Å². The molecule has 1 saturated heterocycles. The third-order valence-electron chi connectivity index (χ3n) is 3.04. The second kappa shape index (κ2) is 6.59. The first-order valence-corrected chi connectivity index (χ1v) is 6.32. The summed E-state index contributed by atoms with van der Waals surface area (Å²) >= 11 is 0. The number of piperidine rings is 1. The van der Waals surface area contributed by atoms with Gasteiger partial charge in [0.2, 0.25) is 11.8 Å². The van der Waals surface area contributed by atoms with E-state index in [1.165, 1.54) is 4.90 Å². The van der Waals surface area contributed by atoms with Gasteiger partial charge in [-0.2, -0.15) is 0 Å². The number of rotatable bonds is 4. The Balaban J connectivity index is 2.42. The molecule has 1 fully saturated rings. The van der Waals surface area contributed by atoms with Gasteiger partial charge in [-0.3, -0.25) is 9.59 Å². The molecule has 5 nitrogen and oxygen atoms in total. The average Bonchev–Trinajstić information content (AvgIpc) is 2.28. The molecule has 1 heterocycles. The number of amides is 2. The third kappa shape index (κ3) is 4.34. The molecule has 0 saturated carbocycles. The van der Waals surface area contributed by atoms with Crippen LogP contribution < -0.4 is 10.6 Å². The molecule has 5 heteroatoms. The van der Waals surface area contributed by atoms with E-state index in [4.69, 9.17) is 0 Å². The van der Waals surface area contributed by atoms with Crippen molar-refractivity contribution in [3.05, 3.63) is 0 Å². The van der Waals surface area contributed by atoms with E-state index < -0.39 is 0 Å². The van der Waals surface area contributed by atoms with E-state index in [-0.39, 0.29) is 24.4 Å². The molecule has 2 unspecified atom stereocenters. The number of likely N-dealkylation sites (N-methyl/N-ethyl adjacent to an activating group) is 2. The summed E-state index contributed by atoms with van der Waals surface area (Å²) in [6.07, 6.45) is 3.05. The van der Waals surface area contributed by atoms with Crippen molar-refractivity contribution in [1.29, 1.82) is 0 Å². The fourth-order valence-corrected chi connectivity index (χ4v) is 2.15. The lowest BCUT2D eigenvalue weighted by molar-refractivity contribution is -0.137. The van der Waals surface area contributed by atoms with Crippen LogP contribution in [0.5, 0.6) is 0 Å². The van der Waals surface area contributed by atoms with Gasteiger partial charge in [0.15, 0.2) is 0 Å². The zero-order chi connectivity index (χ0) is 12.8. The minimum atomic E-state index is -0.127. The lowest BCUT2D eigenvalue weighted by Crippen LogP contribution is -2.52. The van der Waals surface area contributed by atoms with Gasteiger partial charge in [-0.1, -0.05) is 0 Å². The summed E-state index contributed by atoms with van der Waals surface area (Å²) in [7, 11) is 1.68. The van der Waals surface area contributed by atoms with Crippen molar-refractivity contribution >= 4 is 11.8 Å². The average molecular weight is 241 g/mol. The van der Waals surface area contributed by atoms with Crippen LogP contribution in [-0.2, 0) is 9.59 Å². The first-order chi connectivity index (χ1) is 8.04. The molecule has 0 aromatic heterocycles. The minimum absolute atomic E-state index is 0.0165. The van der Waals surface area contributed by atoms with Crippen molar-refractivity contribution in [3.63, 3.8) is 0 Å². The number of carbonyl (C=O) groups is 2. The van der Waals surface area contributed by atoms with Crippen LogP contribution in [0.25, 0.3) is 0 Å². The molecule has 17 heavy (non-hydrogen) atoms. The highest BCUT2D eigenvalue weighted by atomic mass is 16.2. The summed E-state index contributed by atoms with van der Waals surface area (Å²) in [5.41, 5.74) is 0. The summed E-state index contributed by atoms with van der Waals surface area (Å²) in [6.45, 7) is 4.69. The lowest BCUT2D eigenvalue weighted by atomic mass is 9.99. The number of nitrogens with one attached hydrogen (secondary N) is 2. The maximum absolute atomic E-state index is 12.1. The van der Waals surface area contributed by atoms with Gasteiger partial charge in [-0.25, -0.2) is 0 Å². The van der Waals surface area contributed by atoms with Crippen LogP contribution in [-0.4, -0.2) is 48.9 Å². The highest BCUT2D eigenvalue weighted by Gasteiger charge is 2.27. The number of carbonyl (C=O) groups excluding carboxylic acids is 2. The SMILES string of the molecule is CCNC(=O)CN(C)C(=O)C1CCCC(C)N1. The molecule has 0 aromatic rings. The monoisotopic (exact) mass is 241 g/mol. The lowest BCUT2D eigenvalue weighted by Gasteiger charge is -2.30. The van der Waals surface area contributed by atoms with E-state index in [1.54, 1.807) is 7.05 Å². The molecule has 1 aliphatic heterocycles. The Labute approximate surface area is 103 Å². The van der Waals surface area contributed by atoms with E-state index >= 15 is 0 Å². The molecule has 0 aromatic carbocycles. The predicted octanol–water partition coefficient (Wildman–Crippen LogP) is 0.112. The van der Waals surface area contributed by atoms with E-state index in [0.717, 1.165) is 19.3 Å². The van der Waals surface area contributed by atoms with Crippen LogP contribution in [0.1, 0.15) is 33.1 Å². The minimum Gasteiger partial charge on any atom is -0.355 e. The maximum Gasteiger partial charge on any atom is 0.239 e. The van der Waals surface area contributed by atoms with E-state index in [9.17, 15) is 9.59 Å². The fraction of sp³-hybridized carbons (Fsp3) is 0.833. The first-order valence-electron chi connectivity index (χ1n) is 6.32. The summed E-state index contributed by atoms with van der Waals surface area (Å²) in [4.78, 5) is 24.9. The second-order valence-corrected chi connectivity index (χ2v) is 4.70. The standard InChI is InChI=1S/C12H23N3O2/c1-4-13-11(16)8-15(3)12(17)10-7-5-6-9(2)14-10/h9-10,14H,4-8H2,1-3H3,(H,13,16). The Morgan fingerprint density at radius 1 is 1.41 bits per heavy atom. The van der Waals surface area contributed by atoms with Gasteiger partial charge in [-0.05, 0) is 33.1 Å². The van der Waals surface area contributed by atoms with Crippen LogP contribution in [0, 0.1) is 0 Å². The smallest absolute Gasteiger partial charge is 0.239 e. The van der Waals surface area contributed by atoms with Gasteiger partial charge in [0.25, 0.3) is 0 Å².